The molecule has 3 heterocycles. The van der Waals surface area contributed by atoms with Gasteiger partial charge in [0.1, 0.15) is 5.82 Å². The summed E-state index contributed by atoms with van der Waals surface area (Å²) in [5.74, 6) is 1.11. The second-order valence-electron chi connectivity index (χ2n) is 5.68. The molecule has 0 radical (unpaired) electrons. The zero-order valence-corrected chi connectivity index (χ0v) is 12.9. The first-order chi connectivity index (χ1) is 11.8. The molecular formula is C17H16N6O. The summed E-state index contributed by atoms with van der Waals surface area (Å²) in [5.41, 5.74) is 3.03. The van der Waals surface area contributed by atoms with Crippen molar-refractivity contribution in [3.8, 4) is 0 Å². The predicted molar refractivity (Wildman–Crippen MR) is 89.5 cm³/mol. The van der Waals surface area contributed by atoms with Crippen LogP contribution in [0.1, 0.15) is 29.0 Å². The molecule has 24 heavy (non-hydrogen) atoms. The number of aromatic amines is 1. The summed E-state index contributed by atoms with van der Waals surface area (Å²) < 4.78 is 0. The lowest BCUT2D eigenvalue weighted by atomic mass is 9.89. The van der Waals surface area contributed by atoms with Gasteiger partial charge >= 0.3 is 0 Å². The average Bonchev–Trinajstić information content (AvgIpc) is 3.09. The summed E-state index contributed by atoms with van der Waals surface area (Å²) in [7, 11) is 0. The highest BCUT2D eigenvalue weighted by Gasteiger charge is 2.28. The molecule has 7 nitrogen and oxygen atoms in total. The number of hydrogen-bond acceptors (Lipinski definition) is 5. The molecule has 3 N–H and O–H groups in total. The summed E-state index contributed by atoms with van der Waals surface area (Å²) in [6.07, 6.45) is 5.63. The van der Waals surface area contributed by atoms with Gasteiger partial charge in [-0.15, -0.1) is 0 Å². The molecule has 1 aliphatic rings. The van der Waals surface area contributed by atoms with Crippen molar-refractivity contribution in [2.75, 3.05) is 10.6 Å². The number of H-pyrrole nitrogens is 1. The molecule has 1 atom stereocenters. The van der Waals surface area contributed by atoms with Gasteiger partial charge in [-0.25, -0.2) is 9.97 Å². The molecule has 0 fully saturated rings. The molecule has 0 saturated carbocycles. The molecule has 1 unspecified atom stereocenters. The van der Waals surface area contributed by atoms with Crippen LogP contribution in [0.3, 0.4) is 0 Å². The van der Waals surface area contributed by atoms with Gasteiger partial charge in [0, 0.05) is 36.8 Å². The van der Waals surface area contributed by atoms with Crippen molar-refractivity contribution >= 4 is 17.7 Å². The largest absolute Gasteiger partial charge is 0.350 e. The van der Waals surface area contributed by atoms with E-state index in [0.717, 1.165) is 16.7 Å². The van der Waals surface area contributed by atoms with Gasteiger partial charge in [0.2, 0.25) is 11.9 Å². The fraction of sp³-hybridized carbons (Fsp3) is 0.176. The van der Waals surface area contributed by atoms with Gasteiger partial charge in [0.25, 0.3) is 0 Å². The monoisotopic (exact) mass is 320 g/mol. The number of benzene rings is 1. The first-order valence-electron chi connectivity index (χ1n) is 7.72. The normalized spacial score (nSPS) is 16.3. The van der Waals surface area contributed by atoms with Gasteiger partial charge in [0.05, 0.1) is 6.20 Å². The predicted octanol–water partition coefficient (Wildman–Crippen LogP) is 2.29. The quantitative estimate of drug-likeness (QED) is 0.685. The van der Waals surface area contributed by atoms with E-state index in [4.69, 9.17) is 0 Å². The average molecular weight is 320 g/mol. The number of nitrogens with one attached hydrogen (secondary N) is 3. The van der Waals surface area contributed by atoms with Gasteiger partial charge < -0.3 is 10.6 Å². The molecule has 3 aromatic rings. The Morgan fingerprint density at radius 3 is 2.71 bits per heavy atom. The van der Waals surface area contributed by atoms with E-state index in [9.17, 15) is 4.79 Å². The number of carbonyl (C=O) groups excluding carboxylic acids is 1. The van der Waals surface area contributed by atoms with Crippen LogP contribution in [0.25, 0.3) is 0 Å². The minimum absolute atomic E-state index is 0.0389. The van der Waals surface area contributed by atoms with Crippen molar-refractivity contribution in [3.63, 3.8) is 0 Å². The van der Waals surface area contributed by atoms with Crippen molar-refractivity contribution in [2.24, 2.45) is 0 Å². The Labute approximate surface area is 138 Å². The number of rotatable bonds is 4. The van der Waals surface area contributed by atoms with E-state index in [1.54, 1.807) is 18.6 Å². The molecule has 1 aromatic carbocycles. The van der Waals surface area contributed by atoms with Gasteiger partial charge in [0.15, 0.2) is 0 Å². The van der Waals surface area contributed by atoms with Crippen LogP contribution in [0, 0.1) is 0 Å². The lowest BCUT2D eigenvalue weighted by Crippen LogP contribution is -2.23. The Morgan fingerprint density at radius 2 is 1.92 bits per heavy atom. The molecule has 0 aliphatic carbocycles. The van der Waals surface area contributed by atoms with E-state index in [-0.39, 0.29) is 11.8 Å². The summed E-state index contributed by atoms with van der Waals surface area (Å²) >= 11 is 0. The molecule has 2 aromatic heterocycles. The maximum atomic E-state index is 11.8. The number of carbonyl (C=O) groups is 1. The molecule has 4 rings (SSSR count). The molecule has 120 valence electrons. The lowest BCUT2D eigenvalue weighted by Gasteiger charge is -2.21. The minimum atomic E-state index is -0.0735. The summed E-state index contributed by atoms with van der Waals surface area (Å²) in [6.45, 7) is 0.665. The molecular weight excluding hydrogens is 304 g/mol. The summed E-state index contributed by atoms with van der Waals surface area (Å²) in [6, 6.07) is 10.1. The van der Waals surface area contributed by atoms with E-state index < -0.39 is 0 Å². The zero-order chi connectivity index (χ0) is 16.4. The Morgan fingerprint density at radius 1 is 1.12 bits per heavy atom. The highest BCUT2D eigenvalue weighted by atomic mass is 16.1. The van der Waals surface area contributed by atoms with Crippen molar-refractivity contribution in [1.29, 1.82) is 0 Å². The number of hydrogen-bond donors (Lipinski definition) is 3. The van der Waals surface area contributed by atoms with Crippen LogP contribution in [0.5, 0.6) is 0 Å². The van der Waals surface area contributed by atoms with E-state index >= 15 is 0 Å². The fourth-order valence-electron chi connectivity index (χ4n) is 2.83. The highest BCUT2D eigenvalue weighted by molar-refractivity contribution is 5.94. The maximum absolute atomic E-state index is 11.8. The molecule has 0 bridgehead atoms. The van der Waals surface area contributed by atoms with Gasteiger partial charge in [-0.3, -0.25) is 9.89 Å². The molecule has 0 spiro atoms. The van der Waals surface area contributed by atoms with E-state index in [1.807, 2.05) is 30.3 Å². The molecule has 0 saturated heterocycles. The highest BCUT2D eigenvalue weighted by Crippen LogP contribution is 2.35. The van der Waals surface area contributed by atoms with Crippen LogP contribution >= 0.6 is 0 Å². The second-order valence-corrected chi connectivity index (χ2v) is 5.68. The molecule has 7 heteroatoms. The number of amides is 1. The van der Waals surface area contributed by atoms with Gasteiger partial charge in [-0.2, -0.15) is 5.10 Å². The summed E-state index contributed by atoms with van der Waals surface area (Å²) in [4.78, 5) is 20.6. The van der Waals surface area contributed by atoms with Gasteiger partial charge in [-0.05, 0) is 11.1 Å². The topological polar surface area (TPSA) is 95.6 Å². The van der Waals surface area contributed by atoms with Crippen molar-refractivity contribution in [2.45, 2.75) is 18.9 Å². The molecule has 1 aliphatic heterocycles. The fourth-order valence-corrected chi connectivity index (χ4v) is 2.83. The number of nitrogens with zero attached hydrogens (tertiary/aromatic N) is 3. The minimum Gasteiger partial charge on any atom is -0.350 e. The number of anilines is 2. The second kappa shape index (κ2) is 6.11. The maximum Gasteiger partial charge on any atom is 0.226 e. The Kier molecular flexibility index (Phi) is 3.66. The smallest absolute Gasteiger partial charge is 0.226 e. The number of aromatic nitrogens is 4. The standard InChI is InChI=1S/C17H16N6O/c24-15-6-13(14-10-21-23-16(14)22-15)12-8-19-17(20-9-12)18-7-11-4-2-1-3-5-11/h1-5,8-10,13H,6-7H2,(H,18,19,20)(H2,21,22,23,24). The lowest BCUT2D eigenvalue weighted by molar-refractivity contribution is -0.116. The first kappa shape index (κ1) is 14.4. The van der Waals surface area contributed by atoms with E-state index in [1.165, 1.54) is 0 Å². The van der Waals surface area contributed by atoms with Gasteiger partial charge in [-0.1, -0.05) is 30.3 Å². The Hall–Kier alpha value is -3.22. The SMILES string of the molecule is O=C1CC(c2cnc(NCc3ccccc3)nc2)c2cn[nH]c2N1. The summed E-state index contributed by atoms with van der Waals surface area (Å²) in [5, 5.41) is 12.8. The third kappa shape index (κ3) is 2.83. The van der Waals surface area contributed by atoms with Crippen LogP contribution in [-0.2, 0) is 11.3 Å². The van der Waals surface area contributed by atoms with Crippen LogP contribution < -0.4 is 10.6 Å². The van der Waals surface area contributed by atoms with Crippen LogP contribution in [0.15, 0.2) is 48.9 Å². The van der Waals surface area contributed by atoms with Crippen molar-refractivity contribution < 1.29 is 4.79 Å². The zero-order valence-electron chi connectivity index (χ0n) is 12.9. The van der Waals surface area contributed by atoms with E-state index in [2.05, 4.69) is 30.8 Å². The van der Waals surface area contributed by atoms with Crippen molar-refractivity contribution in [3.05, 3.63) is 65.6 Å². The third-order valence-corrected chi connectivity index (χ3v) is 4.07. The first-order valence-corrected chi connectivity index (χ1v) is 7.72. The third-order valence-electron chi connectivity index (χ3n) is 4.07. The Bertz CT molecular complexity index is 843. The van der Waals surface area contributed by atoms with Crippen LogP contribution in [0.4, 0.5) is 11.8 Å². The van der Waals surface area contributed by atoms with Crippen LogP contribution in [-0.4, -0.2) is 26.1 Å². The van der Waals surface area contributed by atoms with E-state index in [0.29, 0.717) is 24.7 Å². The van der Waals surface area contributed by atoms with Crippen LogP contribution in [0.2, 0.25) is 0 Å². The number of fused-ring (bicyclic) bond motifs is 1. The van der Waals surface area contributed by atoms with Crippen molar-refractivity contribution in [1.82, 2.24) is 20.2 Å². The molecule has 1 amide bonds. The Balaban J connectivity index is 1.49.